The summed E-state index contributed by atoms with van der Waals surface area (Å²) in [6.45, 7) is 0.470. The largest absolute Gasteiger partial charge is 0.493 e. The number of carbonyl (C=O) groups is 1. The SMILES string of the molecule is COc1cc(/C=C/C(=O)Oc2ccc(OCc3ccccc3)cc2)cc(OC)c1OC. The third-order valence-corrected chi connectivity index (χ3v) is 4.39. The number of ether oxygens (including phenoxy) is 5. The first-order valence-corrected chi connectivity index (χ1v) is 9.59. The van der Waals surface area contributed by atoms with Gasteiger partial charge in [-0.1, -0.05) is 30.3 Å². The Kier molecular flexibility index (Phi) is 7.54. The first kappa shape index (κ1) is 21.8. The van der Waals surface area contributed by atoms with Gasteiger partial charge in [0, 0.05) is 6.08 Å². The Balaban J connectivity index is 1.59. The molecule has 3 aromatic rings. The van der Waals surface area contributed by atoms with Gasteiger partial charge >= 0.3 is 5.97 Å². The molecule has 3 aromatic carbocycles. The lowest BCUT2D eigenvalue weighted by molar-refractivity contribution is -0.128. The van der Waals surface area contributed by atoms with Gasteiger partial charge in [-0.15, -0.1) is 0 Å². The van der Waals surface area contributed by atoms with Gasteiger partial charge in [0.25, 0.3) is 0 Å². The highest BCUT2D eigenvalue weighted by molar-refractivity contribution is 5.89. The summed E-state index contributed by atoms with van der Waals surface area (Å²) in [5.74, 6) is 2.09. The summed E-state index contributed by atoms with van der Waals surface area (Å²) >= 11 is 0. The van der Waals surface area contributed by atoms with E-state index in [1.54, 1.807) is 42.5 Å². The Bertz CT molecular complexity index is 1000. The van der Waals surface area contributed by atoms with Crippen molar-refractivity contribution in [2.75, 3.05) is 21.3 Å². The van der Waals surface area contributed by atoms with Crippen molar-refractivity contribution < 1.29 is 28.5 Å². The van der Waals surface area contributed by atoms with Gasteiger partial charge in [0.15, 0.2) is 11.5 Å². The third-order valence-electron chi connectivity index (χ3n) is 4.39. The molecule has 0 radical (unpaired) electrons. The molecule has 0 saturated heterocycles. The predicted octanol–water partition coefficient (Wildman–Crippen LogP) is 4.91. The molecule has 0 unspecified atom stereocenters. The fourth-order valence-corrected chi connectivity index (χ4v) is 2.86. The lowest BCUT2D eigenvalue weighted by atomic mass is 10.1. The van der Waals surface area contributed by atoms with E-state index in [4.69, 9.17) is 23.7 Å². The van der Waals surface area contributed by atoms with Gasteiger partial charge in [0.05, 0.1) is 21.3 Å². The zero-order valence-electron chi connectivity index (χ0n) is 17.7. The molecule has 0 fully saturated rings. The Morgan fingerprint density at radius 1 is 0.806 bits per heavy atom. The lowest BCUT2D eigenvalue weighted by Gasteiger charge is -2.12. The van der Waals surface area contributed by atoms with Crippen LogP contribution in [0.2, 0.25) is 0 Å². The number of rotatable bonds is 9. The highest BCUT2D eigenvalue weighted by atomic mass is 16.5. The molecule has 160 valence electrons. The van der Waals surface area contributed by atoms with E-state index < -0.39 is 5.97 Å². The van der Waals surface area contributed by atoms with E-state index in [0.29, 0.717) is 40.9 Å². The summed E-state index contributed by atoms with van der Waals surface area (Å²) in [4.78, 5) is 12.2. The molecule has 31 heavy (non-hydrogen) atoms. The summed E-state index contributed by atoms with van der Waals surface area (Å²) in [7, 11) is 4.60. The monoisotopic (exact) mass is 420 g/mol. The molecule has 0 saturated carbocycles. The minimum atomic E-state index is -0.508. The summed E-state index contributed by atoms with van der Waals surface area (Å²) in [5, 5.41) is 0. The lowest BCUT2D eigenvalue weighted by Crippen LogP contribution is -2.03. The van der Waals surface area contributed by atoms with Gasteiger partial charge in [-0.2, -0.15) is 0 Å². The Labute approximate surface area is 181 Å². The molecule has 0 aliphatic carbocycles. The van der Waals surface area contributed by atoms with Crippen LogP contribution in [0.1, 0.15) is 11.1 Å². The quantitative estimate of drug-likeness (QED) is 0.278. The molecule has 0 N–H and O–H groups in total. The van der Waals surface area contributed by atoms with Crippen molar-refractivity contribution >= 4 is 12.0 Å². The van der Waals surface area contributed by atoms with Crippen LogP contribution in [-0.4, -0.2) is 27.3 Å². The molecule has 0 heterocycles. The highest BCUT2D eigenvalue weighted by Crippen LogP contribution is 2.38. The maximum absolute atomic E-state index is 12.2. The number of esters is 1. The van der Waals surface area contributed by atoms with Crippen LogP contribution in [-0.2, 0) is 11.4 Å². The number of methoxy groups -OCH3 is 3. The van der Waals surface area contributed by atoms with Gasteiger partial charge in [-0.05, 0) is 53.6 Å². The van der Waals surface area contributed by atoms with Gasteiger partial charge < -0.3 is 23.7 Å². The van der Waals surface area contributed by atoms with Crippen LogP contribution in [0.3, 0.4) is 0 Å². The van der Waals surface area contributed by atoms with Crippen molar-refractivity contribution in [1.29, 1.82) is 0 Å². The third kappa shape index (κ3) is 6.02. The van der Waals surface area contributed by atoms with Gasteiger partial charge in [0.2, 0.25) is 5.75 Å². The fourth-order valence-electron chi connectivity index (χ4n) is 2.86. The summed E-state index contributed by atoms with van der Waals surface area (Å²) < 4.78 is 27.0. The van der Waals surface area contributed by atoms with Crippen LogP contribution in [0.25, 0.3) is 6.08 Å². The fraction of sp³-hybridized carbons (Fsp3) is 0.160. The van der Waals surface area contributed by atoms with E-state index >= 15 is 0 Å². The average Bonchev–Trinajstić information content (AvgIpc) is 2.82. The zero-order chi connectivity index (χ0) is 22.1. The number of hydrogen-bond donors (Lipinski definition) is 0. The minimum Gasteiger partial charge on any atom is -0.493 e. The van der Waals surface area contributed by atoms with E-state index in [-0.39, 0.29) is 0 Å². The predicted molar refractivity (Wildman–Crippen MR) is 118 cm³/mol. The highest BCUT2D eigenvalue weighted by Gasteiger charge is 2.12. The van der Waals surface area contributed by atoms with Crippen LogP contribution in [0, 0.1) is 0 Å². The van der Waals surface area contributed by atoms with Crippen LogP contribution in [0.4, 0.5) is 0 Å². The number of carbonyl (C=O) groups excluding carboxylic acids is 1. The van der Waals surface area contributed by atoms with Crippen molar-refractivity contribution in [2.24, 2.45) is 0 Å². The van der Waals surface area contributed by atoms with E-state index in [0.717, 1.165) is 5.56 Å². The summed E-state index contributed by atoms with van der Waals surface area (Å²) in [5.41, 5.74) is 1.78. The molecule has 0 aromatic heterocycles. The maximum atomic E-state index is 12.2. The molecule has 0 atom stereocenters. The van der Waals surface area contributed by atoms with E-state index in [1.165, 1.54) is 27.4 Å². The van der Waals surface area contributed by atoms with Crippen LogP contribution >= 0.6 is 0 Å². The second kappa shape index (κ2) is 10.7. The molecule has 0 bridgehead atoms. The maximum Gasteiger partial charge on any atom is 0.336 e. The normalized spacial score (nSPS) is 10.5. The van der Waals surface area contributed by atoms with Crippen LogP contribution in [0.15, 0.2) is 72.8 Å². The van der Waals surface area contributed by atoms with Crippen molar-refractivity contribution in [3.8, 4) is 28.7 Å². The molecule has 0 aliphatic heterocycles. The Hall–Kier alpha value is -3.93. The summed E-state index contributed by atoms with van der Waals surface area (Å²) in [6, 6.07) is 20.3. The van der Waals surface area contributed by atoms with E-state index in [9.17, 15) is 4.79 Å². The second-order valence-corrected chi connectivity index (χ2v) is 6.46. The smallest absolute Gasteiger partial charge is 0.336 e. The molecule has 6 heteroatoms. The number of benzene rings is 3. The van der Waals surface area contributed by atoms with E-state index in [2.05, 4.69) is 0 Å². The van der Waals surface area contributed by atoms with Crippen molar-refractivity contribution in [3.05, 3.63) is 83.9 Å². The first-order chi connectivity index (χ1) is 15.1. The molecule has 6 nitrogen and oxygen atoms in total. The van der Waals surface area contributed by atoms with Gasteiger partial charge in [-0.3, -0.25) is 0 Å². The molecule has 0 amide bonds. The second-order valence-electron chi connectivity index (χ2n) is 6.46. The van der Waals surface area contributed by atoms with Crippen molar-refractivity contribution in [2.45, 2.75) is 6.61 Å². The molecule has 0 spiro atoms. The molecular formula is C25H24O6. The zero-order valence-corrected chi connectivity index (χ0v) is 17.7. The van der Waals surface area contributed by atoms with Crippen molar-refractivity contribution in [1.82, 2.24) is 0 Å². The Morgan fingerprint density at radius 3 is 2.00 bits per heavy atom. The topological polar surface area (TPSA) is 63.2 Å². The van der Waals surface area contributed by atoms with Crippen LogP contribution < -0.4 is 23.7 Å². The first-order valence-electron chi connectivity index (χ1n) is 9.59. The standard InChI is InChI=1S/C25H24O6/c1-27-22-15-19(16-23(28-2)25(22)29-3)9-14-24(26)31-21-12-10-20(11-13-21)30-17-18-7-5-4-6-8-18/h4-16H,17H2,1-3H3/b14-9+. The molecule has 0 aliphatic rings. The van der Waals surface area contributed by atoms with Gasteiger partial charge in [-0.25, -0.2) is 4.79 Å². The summed E-state index contributed by atoms with van der Waals surface area (Å²) in [6.07, 6.45) is 2.95. The molecular weight excluding hydrogens is 396 g/mol. The molecule has 3 rings (SSSR count). The average molecular weight is 420 g/mol. The van der Waals surface area contributed by atoms with Crippen LogP contribution in [0.5, 0.6) is 28.7 Å². The minimum absolute atomic E-state index is 0.423. The Morgan fingerprint density at radius 2 is 1.42 bits per heavy atom. The van der Waals surface area contributed by atoms with Gasteiger partial charge in [0.1, 0.15) is 18.1 Å². The number of hydrogen-bond acceptors (Lipinski definition) is 6. The van der Waals surface area contributed by atoms with Crippen molar-refractivity contribution in [3.63, 3.8) is 0 Å². The van der Waals surface area contributed by atoms with E-state index in [1.807, 2.05) is 30.3 Å².